The molecule has 1 aliphatic rings. The predicted octanol–water partition coefficient (Wildman–Crippen LogP) is 1.80. The number of pyridine rings is 1. The third-order valence-electron chi connectivity index (χ3n) is 1.85. The Kier molecular flexibility index (Phi) is 1.73. The van der Waals surface area contributed by atoms with Crippen LogP contribution in [0.2, 0.25) is 0 Å². The summed E-state index contributed by atoms with van der Waals surface area (Å²) in [6.45, 7) is 1.71. The molecular formula is C9H7N3O. The van der Waals surface area contributed by atoms with E-state index in [4.69, 9.17) is 0 Å². The van der Waals surface area contributed by atoms with Crippen LogP contribution in [0.5, 0.6) is 0 Å². The average molecular weight is 173 g/mol. The van der Waals surface area contributed by atoms with Crippen LogP contribution in [-0.2, 0) is 4.79 Å². The molecule has 2 rings (SSSR count). The van der Waals surface area contributed by atoms with Crippen molar-refractivity contribution in [1.29, 1.82) is 0 Å². The molecule has 13 heavy (non-hydrogen) atoms. The smallest absolute Gasteiger partial charge is 0.265 e. The Morgan fingerprint density at radius 3 is 2.69 bits per heavy atom. The van der Waals surface area contributed by atoms with E-state index in [9.17, 15) is 4.79 Å². The van der Waals surface area contributed by atoms with Crippen LogP contribution in [0.25, 0.3) is 5.70 Å². The summed E-state index contributed by atoms with van der Waals surface area (Å²) in [5, 5.41) is 7.24. The fourth-order valence-electron chi connectivity index (χ4n) is 1.12. The molecule has 0 unspecified atom stereocenters. The summed E-state index contributed by atoms with van der Waals surface area (Å²) in [5.41, 5.74) is 2.03. The van der Waals surface area contributed by atoms with E-state index in [0.717, 1.165) is 5.56 Å². The van der Waals surface area contributed by atoms with Crippen LogP contribution in [0.3, 0.4) is 0 Å². The summed E-state index contributed by atoms with van der Waals surface area (Å²) in [6, 6.07) is 3.65. The molecule has 1 aromatic rings. The number of nitrogens with zero attached hydrogens (tertiary/aromatic N) is 3. The van der Waals surface area contributed by atoms with Gasteiger partial charge in [-0.05, 0) is 19.1 Å². The second-order valence-electron chi connectivity index (χ2n) is 2.72. The monoisotopic (exact) mass is 173 g/mol. The Morgan fingerprint density at radius 1 is 1.31 bits per heavy atom. The molecule has 0 atom stereocenters. The van der Waals surface area contributed by atoms with Crippen molar-refractivity contribution in [2.45, 2.75) is 6.92 Å². The third-order valence-corrected chi connectivity index (χ3v) is 1.85. The standard InChI is InChI=1S/C9H7N3O/c1-6-8(11-12-9(6)13)7-3-2-4-10-5-7/h2-5H,1H3. The van der Waals surface area contributed by atoms with Crippen LogP contribution in [0.1, 0.15) is 12.5 Å². The second kappa shape index (κ2) is 2.90. The Morgan fingerprint density at radius 2 is 2.15 bits per heavy atom. The lowest BCUT2D eigenvalue weighted by molar-refractivity contribution is -0.114. The SMILES string of the molecule is CC1=C(c2cccnc2)N=NC1=O. The van der Waals surface area contributed by atoms with E-state index in [1.54, 1.807) is 25.4 Å². The van der Waals surface area contributed by atoms with Crippen LogP contribution >= 0.6 is 0 Å². The minimum atomic E-state index is -0.265. The maximum atomic E-state index is 11.0. The molecule has 0 aromatic carbocycles. The highest BCUT2D eigenvalue weighted by Crippen LogP contribution is 2.25. The zero-order valence-electron chi connectivity index (χ0n) is 7.06. The lowest BCUT2D eigenvalue weighted by atomic mass is 10.1. The van der Waals surface area contributed by atoms with Crippen molar-refractivity contribution < 1.29 is 4.79 Å². The topological polar surface area (TPSA) is 54.7 Å². The number of amides is 1. The number of hydrogen-bond donors (Lipinski definition) is 0. The first kappa shape index (κ1) is 7.79. The maximum absolute atomic E-state index is 11.0. The van der Waals surface area contributed by atoms with Gasteiger partial charge in [-0.25, -0.2) is 0 Å². The van der Waals surface area contributed by atoms with Gasteiger partial charge in [0, 0.05) is 23.5 Å². The number of rotatable bonds is 1. The molecule has 4 nitrogen and oxygen atoms in total. The molecule has 0 fully saturated rings. The van der Waals surface area contributed by atoms with E-state index in [-0.39, 0.29) is 5.91 Å². The summed E-state index contributed by atoms with van der Waals surface area (Å²) in [5.74, 6) is -0.265. The quantitative estimate of drug-likeness (QED) is 0.650. The Bertz CT molecular complexity index is 406. The lowest BCUT2D eigenvalue weighted by Crippen LogP contribution is -1.90. The van der Waals surface area contributed by atoms with Gasteiger partial charge in [-0.1, -0.05) is 0 Å². The van der Waals surface area contributed by atoms with Crippen LogP contribution < -0.4 is 0 Å². The maximum Gasteiger partial charge on any atom is 0.293 e. The van der Waals surface area contributed by atoms with E-state index in [0.29, 0.717) is 11.3 Å². The molecule has 2 heterocycles. The summed E-state index contributed by atoms with van der Waals surface area (Å²) in [6.07, 6.45) is 3.34. The first-order chi connectivity index (χ1) is 6.29. The minimum absolute atomic E-state index is 0.265. The van der Waals surface area contributed by atoms with Crippen molar-refractivity contribution >= 4 is 11.6 Å². The number of carbonyl (C=O) groups is 1. The first-order valence-electron chi connectivity index (χ1n) is 3.86. The highest BCUT2D eigenvalue weighted by molar-refractivity contribution is 6.03. The molecule has 1 aromatic heterocycles. The van der Waals surface area contributed by atoms with Crippen molar-refractivity contribution in [2.75, 3.05) is 0 Å². The molecular weight excluding hydrogens is 166 g/mol. The van der Waals surface area contributed by atoms with Crippen LogP contribution in [-0.4, -0.2) is 10.9 Å². The first-order valence-corrected chi connectivity index (χ1v) is 3.86. The fraction of sp³-hybridized carbons (Fsp3) is 0.111. The van der Waals surface area contributed by atoms with Crippen LogP contribution in [0.15, 0.2) is 40.3 Å². The van der Waals surface area contributed by atoms with Gasteiger partial charge < -0.3 is 0 Å². The van der Waals surface area contributed by atoms with E-state index >= 15 is 0 Å². The van der Waals surface area contributed by atoms with Crippen LogP contribution in [0, 0.1) is 0 Å². The highest BCUT2D eigenvalue weighted by atomic mass is 16.2. The number of azo groups is 1. The summed E-state index contributed by atoms with van der Waals surface area (Å²) in [4.78, 5) is 15.0. The highest BCUT2D eigenvalue weighted by Gasteiger charge is 2.17. The Labute approximate surface area is 75.0 Å². The fourth-order valence-corrected chi connectivity index (χ4v) is 1.12. The molecule has 0 bridgehead atoms. The molecule has 0 saturated heterocycles. The van der Waals surface area contributed by atoms with Gasteiger partial charge in [0.25, 0.3) is 5.91 Å². The normalized spacial score (nSPS) is 15.6. The molecule has 1 amide bonds. The molecule has 64 valence electrons. The average Bonchev–Trinajstić information content (AvgIpc) is 2.49. The van der Waals surface area contributed by atoms with Gasteiger partial charge in [0.15, 0.2) is 0 Å². The lowest BCUT2D eigenvalue weighted by Gasteiger charge is -1.96. The van der Waals surface area contributed by atoms with Gasteiger partial charge in [0.05, 0.1) is 0 Å². The number of carbonyl (C=O) groups excluding carboxylic acids is 1. The van der Waals surface area contributed by atoms with Gasteiger partial charge in [0.1, 0.15) is 5.70 Å². The van der Waals surface area contributed by atoms with Crippen molar-refractivity contribution in [3.05, 3.63) is 35.7 Å². The van der Waals surface area contributed by atoms with Gasteiger partial charge >= 0.3 is 0 Å². The number of hydrogen-bond acceptors (Lipinski definition) is 3. The van der Waals surface area contributed by atoms with Gasteiger partial charge in [0.2, 0.25) is 0 Å². The Hall–Kier alpha value is -1.84. The zero-order valence-corrected chi connectivity index (χ0v) is 7.06. The van der Waals surface area contributed by atoms with E-state index in [1.165, 1.54) is 0 Å². The minimum Gasteiger partial charge on any atom is -0.265 e. The molecule has 4 heteroatoms. The zero-order chi connectivity index (χ0) is 9.26. The van der Waals surface area contributed by atoms with E-state index in [2.05, 4.69) is 15.2 Å². The van der Waals surface area contributed by atoms with Crippen molar-refractivity contribution in [2.24, 2.45) is 10.2 Å². The summed E-state index contributed by atoms with van der Waals surface area (Å²) < 4.78 is 0. The summed E-state index contributed by atoms with van der Waals surface area (Å²) in [7, 11) is 0. The van der Waals surface area contributed by atoms with Crippen molar-refractivity contribution in [3.8, 4) is 0 Å². The molecule has 0 spiro atoms. The second-order valence-corrected chi connectivity index (χ2v) is 2.72. The third kappa shape index (κ3) is 1.26. The van der Waals surface area contributed by atoms with Crippen molar-refractivity contribution in [3.63, 3.8) is 0 Å². The Balaban J connectivity index is 2.50. The predicted molar refractivity (Wildman–Crippen MR) is 46.7 cm³/mol. The van der Waals surface area contributed by atoms with Gasteiger partial charge in [-0.2, -0.15) is 0 Å². The molecule has 0 saturated carbocycles. The molecule has 0 N–H and O–H groups in total. The summed E-state index contributed by atoms with van der Waals surface area (Å²) >= 11 is 0. The number of aromatic nitrogens is 1. The van der Waals surface area contributed by atoms with E-state index in [1.807, 2.05) is 6.07 Å². The van der Waals surface area contributed by atoms with Gasteiger partial charge in [-0.3, -0.25) is 9.78 Å². The van der Waals surface area contributed by atoms with Crippen molar-refractivity contribution in [1.82, 2.24) is 4.98 Å². The molecule has 0 radical (unpaired) electrons. The van der Waals surface area contributed by atoms with Crippen LogP contribution in [0.4, 0.5) is 0 Å². The van der Waals surface area contributed by atoms with E-state index < -0.39 is 0 Å². The molecule has 1 aliphatic heterocycles. The van der Waals surface area contributed by atoms with Gasteiger partial charge in [-0.15, -0.1) is 10.2 Å². The molecule has 0 aliphatic carbocycles. The largest absolute Gasteiger partial charge is 0.293 e.